The number of aromatic nitrogens is 2. The summed E-state index contributed by atoms with van der Waals surface area (Å²) in [5.41, 5.74) is 2.67. The Hall–Kier alpha value is -3.63. The van der Waals surface area contributed by atoms with Crippen molar-refractivity contribution in [1.82, 2.24) is 9.55 Å². The van der Waals surface area contributed by atoms with E-state index in [9.17, 15) is 14.4 Å². The largest absolute Gasteiger partial charge is 0.497 e. The molecule has 0 aliphatic carbocycles. The van der Waals surface area contributed by atoms with E-state index in [-0.39, 0.29) is 23.1 Å². The lowest BCUT2D eigenvalue weighted by atomic mass is 10.2. The second-order valence-corrected chi connectivity index (χ2v) is 9.22. The maximum absolute atomic E-state index is 13.1. The van der Waals surface area contributed by atoms with Crippen molar-refractivity contribution in [2.75, 3.05) is 23.5 Å². The minimum atomic E-state index is -0.229. The van der Waals surface area contributed by atoms with Crippen LogP contribution in [-0.2, 0) is 16.1 Å². The number of nitrogens with one attached hydrogen (secondary N) is 2. The molecule has 174 valence electrons. The Kier molecular flexibility index (Phi) is 7.29. The van der Waals surface area contributed by atoms with Crippen LogP contribution in [0.1, 0.15) is 12.5 Å². The highest BCUT2D eigenvalue weighted by Crippen LogP contribution is 2.23. The Morgan fingerprint density at radius 1 is 1.03 bits per heavy atom. The van der Waals surface area contributed by atoms with Gasteiger partial charge in [-0.3, -0.25) is 19.0 Å². The summed E-state index contributed by atoms with van der Waals surface area (Å²) < 4.78 is 7.39. The highest BCUT2D eigenvalue weighted by Gasteiger charge is 2.15. The topological polar surface area (TPSA) is 102 Å². The fraction of sp³-hybridized carbons (Fsp3) is 0.167. The SMILES string of the molecule is COc1ccc(Cn2c(SCC(=O)Nc3ccc(NC(C)=O)cc3)nc3ccsc3c2=O)cc1. The van der Waals surface area contributed by atoms with Crippen molar-refractivity contribution in [3.8, 4) is 5.75 Å². The fourth-order valence-electron chi connectivity index (χ4n) is 3.25. The van der Waals surface area contributed by atoms with Crippen LogP contribution in [0.25, 0.3) is 10.2 Å². The predicted octanol–water partition coefficient (Wildman–Crippen LogP) is 4.20. The van der Waals surface area contributed by atoms with Crippen LogP contribution in [0.2, 0.25) is 0 Å². The summed E-state index contributed by atoms with van der Waals surface area (Å²) in [4.78, 5) is 41.5. The third kappa shape index (κ3) is 5.64. The number of hydrogen-bond acceptors (Lipinski definition) is 7. The Balaban J connectivity index is 1.50. The molecule has 2 N–H and O–H groups in total. The van der Waals surface area contributed by atoms with E-state index in [1.54, 1.807) is 42.0 Å². The third-order valence-corrected chi connectivity index (χ3v) is 6.72. The van der Waals surface area contributed by atoms with E-state index in [1.807, 2.05) is 29.6 Å². The third-order valence-electron chi connectivity index (χ3n) is 4.85. The van der Waals surface area contributed by atoms with Crippen molar-refractivity contribution in [3.05, 3.63) is 75.9 Å². The first-order valence-corrected chi connectivity index (χ1v) is 12.2. The van der Waals surface area contributed by atoms with Gasteiger partial charge in [0.15, 0.2) is 5.16 Å². The second kappa shape index (κ2) is 10.5. The minimum Gasteiger partial charge on any atom is -0.497 e. The first-order valence-electron chi connectivity index (χ1n) is 10.3. The molecule has 10 heteroatoms. The number of carbonyl (C=O) groups excluding carboxylic acids is 2. The second-order valence-electron chi connectivity index (χ2n) is 7.36. The first-order chi connectivity index (χ1) is 16.4. The van der Waals surface area contributed by atoms with Crippen molar-refractivity contribution in [2.24, 2.45) is 0 Å². The number of methoxy groups -OCH3 is 1. The number of hydrogen-bond donors (Lipinski definition) is 2. The van der Waals surface area contributed by atoms with Crippen molar-refractivity contribution in [2.45, 2.75) is 18.6 Å². The summed E-state index contributed by atoms with van der Waals surface area (Å²) in [6.07, 6.45) is 0. The Morgan fingerprint density at radius 2 is 1.71 bits per heavy atom. The predicted molar refractivity (Wildman–Crippen MR) is 136 cm³/mol. The van der Waals surface area contributed by atoms with Crippen LogP contribution in [0.5, 0.6) is 5.75 Å². The molecule has 0 atom stereocenters. The van der Waals surface area contributed by atoms with Crippen LogP contribution in [0.3, 0.4) is 0 Å². The minimum absolute atomic E-state index is 0.0815. The number of rotatable bonds is 8. The molecule has 0 aliphatic rings. The molecular weight excluding hydrogens is 472 g/mol. The Morgan fingerprint density at radius 3 is 2.35 bits per heavy atom. The monoisotopic (exact) mass is 494 g/mol. The molecule has 0 fully saturated rings. The molecule has 2 aromatic heterocycles. The van der Waals surface area contributed by atoms with Crippen molar-refractivity contribution in [3.63, 3.8) is 0 Å². The normalized spacial score (nSPS) is 10.8. The van der Waals surface area contributed by atoms with E-state index in [1.165, 1.54) is 30.0 Å². The number of benzene rings is 2. The molecule has 0 unspecified atom stereocenters. The molecule has 8 nitrogen and oxygen atoms in total. The van der Waals surface area contributed by atoms with Crippen LogP contribution in [-0.4, -0.2) is 34.2 Å². The molecule has 2 amide bonds. The van der Waals surface area contributed by atoms with Gasteiger partial charge < -0.3 is 15.4 Å². The molecule has 2 aromatic carbocycles. The number of fused-ring (bicyclic) bond motifs is 1. The number of thiophene rings is 1. The van der Waals surface area contributed by atoms with Gasteiger partial charge in [0.1, 0.15) is 10.4 Å². The highest BCUT2D eigenvalue weighted by atomic mass is 32.2. The maximum atomic E-state index is 13.1. The summed E-state index contributed by atoms with van der Waals surface area (Å²) in [5.74, 6) is 0.425. The number of ether oxygens (including phenoxy) is 1. The van der Waals surface area contributed by atoms with E-state index in [0.717, 1.165) is 11.3 Å². The summed E-state index contributed by atoms with van der Waals surface area (Å²) >= 11 is 2.56. The van der Waals surface area contributed by atoms with Crippen LogP contribution >= 0.6 is 23.1 Å². The number of thioether (sulfide) groups is 1. The molecule has 0 radical (unpaired) electrons. The lowest BCUT2D eigenvalue weighted by Gasteiger charge is -2.13. The lowest BCUT2D eigenvalue weighted by Crippen LogP contribution is -2.24. The molecule has 4 aromatic rings. The van der Waals surface area contributed by atoms with Crippen LogP contribution in [0, 0.1) is 0 Å². The van der Waals surface area contributed by atoms with E-state index in [2.05, 4.69) is 15.6 Å². The molecule has 4 rings (SSSR count). The van der Waals surface area contributed by atoms with Crippen molar-refractivity contribution < 1.29 is 14.3 Å². The molecular formula is C24H22N4O4S2. The summed E-state index contributed by atoms with van der Waals surface area (Å²) in [6, 6.07) is 16.1. The van der Waals surface area contributed by atoms with Gasteiger partial charge in [-0.2, -0.15) is 0 Å². The van der Waals surface area contributed by atoms with Gasteiger partial charge in [-0.25, -0.2) is 4.98 Å². The van der Waals surface area contributed by atoms with E-state index < -0.39 is 0 Å². The lowest BCUT2D eigenvalue weighted by molar-refractivity contribution is -0.114. The van der Waals surface area contributed by atoms with Gasteiger partial charge in [-0.15, -0.1) is 11.3 Å². The van der Waals surface area contributed by atoms with Gasteiger partial charge in [0.05, 0.1) is 24.9 Å². The van der Waals surface area contributed by atoms with Gasteiger partial charge >= 0.3 is 0 Å². The van der Waals surface area contributed by atoms with Gasteiger partial charge in [0, 0.05) is 18.3 Å². The fourth-order valence-corrected chi connectivity index (χ4v) is 4.83. The van der Waals surface area contributed by atoms with Crippen LogP contribution in [0.15, 0.2) is 69.9 Å². The van der Waals surface area contributed by atoms with Gasteiger partial charge in [0.2, 0.25) is 11.8 Å². The zero-order chi connectivity index (χ0) is 24.1. The molecule has 0 aliphatic heterocycles. The molecule has 0 saturated heterocycles. The van der Waals surface area contributed by atoms with E-state index >= 15 is 0 Å². The zero-order valence-electron chi connectivity index (χ0n) is 18.5. The quantitative estimate of drug-likeness (QED) is 0.281. The number of nitrogens with zero attached hydrogens (tertiary/aromatic N) is 2. The highest BCUT2D eigenvalue weighted by molar-refractivity contribution is 7.99. The smallest absolute Gasteiger partial charge is 0.272 e. The van der Waals surface area contributed by atoms with Gasteiger partial charge in [-0.1, -0.05) is 23.9 Å². The molecule has 0 bridgehead atoms. The van der Waals surface area contributed by atoms with Crippen molar-refractivity contribution in [1.29, 1.82) is 0 Å². The zero-order valence-corrected chi connectivity index (χ0v) is 20.2. The Labute approximate surface area is 204 Å². The van der Waals surface area contributed by atoms with E-state index in [4.69, 9.17) is 4.74 Å². The van der Waals surface area contributed by atoms with Crippen molar-refractivity contribution >= 4 is 56.5 Å². The maximum Gasteiger partial charge on any atom is 0.272 e. The summed E-state index contributed by atoms with van der Waals surface area (Å²) in [7, 11) is 1.60. The molecule has 2 heterocycles. The standard InChI is InChI=1S/C24H22N4O4S2/c1-15(29)25-17-5-7-18(8-6-17)26-21(30)14-34-24-27-20-11-12-33-22(20)23(31)28(24)13-16-3-9-19(32-2)10-4-16/h3-12H,13-14H2,1-2H3,(H,25,29)(H,26,30). The number of amides is 2. The molecule has 34 heavy (non-hydrogen) atoms. The first kappa shape index (κ1) is 23.5. The molecule has 0 saturated carbocycles. The Bertz CT molecular complexity index is 1380. The van der Waals surface area contributed by atoms with Gasteiger partial charge in [0.25, 0.3) is 5.56 Å². The van der Waals surface area contributed by atoms with Crippen LogP contribution in [0.4, 0.5) is 11.4 Å². The number of anilines is 2. The van der Waals surface area contributed by atoms with Crippen LogP contribution < -0.4 is 20.9 Å². The molecule has 0 spiro atoms. The number of carbonyl (C=O) groups is 2. The average molecular weight is 495 g/mol. The summed E-state index contributed by atoms with van der Waals surface area (Å²) in [5, 5.41) is 7.81. The van der Waals surface area contributed by atoms with Gasteiger partial charge in [-0.05, 0) is 53.4 Å². The summed E-state index contributed by atoms with van der Waals surface area (Å²) in [6.45, 7) is 1.76. The average Bonchev–Trinajstić information content (AvgIpc) is 3.30. The van der Waals surface area contributed by atoms with E-state index in [0.29, 0.717) is 33.3 Å².